The first-order chi connectivity index (χ1) is 19.5. The maximum Gasteiger partial charge on any atom is 0.244 e. The van der Waals surface area contributed by atoms with Gasteiger partial charge in [-0.2, -0.15) is 0 Å². The third-order valence-corrected chi connectivity index (χ3v) is 7.61. The predicted octanol–water partition coefficient (Wildman–Crippen LogP) is 3.88. The third-order valence-electron chi connectivity index (χ3n) is 6.49. The standard InChI is InChI=1S/C31H39N3O6S/c1-23(2)20-32-31(36)28(18-24-12-8-6-9-13-24)33(21-25-14-10-7-11-15-25)30(35)22-34(41(5,37)38)27-19-26(39-3)16-17-29(27)40-4/h6-17,19,23,28H,18,20-22H2,1-5H3,(H,32,36)/t28-/m1/s1. The van der Waals surface area contributed by atoms with Crippen LogP contribution in [0.15, 0.2) is 78.9 Å². The Kier molecular flexibility index (Phi) is 11.2. The van der Waals surface area contributed by atoms with Crippen molar-refractivity contribution in [3.05, 3.63) is 90.0 Å². The lowest BCUT2D eigenvalue weighted by molar-refractivity contribution is -0.140. The summed E-state index contributed by atoms with van der Waals surface area (Å²) in [5, 5.41) is 2.97. The smallest absolute Gasteiger partial charge is 0.244 e. The van der Waals surface area contributed by atoms with Crippen LogP contribution in [-0.2, 0) is 32.6 Å². The molecule has 41 heavy (non-hydrogen) atoms. The molecule has 0 bridgehead atoms. The van der Waals surface area contributed by atoms with Gasteiger partial charge in [0.2, 0.25) is 21.8 Å². The molecular formula is C31H39N3O6S. The molecule has 9 nitrogen and oxygen atoms in total. The highest BCUT2D eigenvalue weighted by Crippen LogP contribution is 2.34. The lowest BCUT2D eigenvalue weighted by Gasteiger charge is -2.34. The van der Waals surface area contributed by atoms with Crippen LogP contribution in [0.5, 0.6) is 11.5 Å². The van der Waals surface area contributed by atoms with E-state index in [1.807, 2.05) is 74.5 Å². The second kappa shape index (κ2) is 14.5. The zero-order valence-electron chi connectivity index (χ0n) is 24.2. The van der Waals surface area contributed by atoms with Crippen LogP contribution in [0.2, 0.25) is 0 Å². The maximum absolute atomic E-state index is 14.2. The monoisotopic (exact) mass is 581 g/mol. The van der Waals surface area contributed by atoms with Crippen LogP contribution in [0, 0.1) is 5.92 Å². The van der Waals surface area contributed by atoms with E-state index in [1.165, 1.54) is 25.2 Å². The number of rotatable bonds is 14. The van der Waals surface area contributed by atoms with Crippen LogP contribution in [0.3, 0.4) is 0 Å². The molecule has 0 aliphatic heterocycles. The normalized spacial score (nSPS) is 12.0. The summed E-state index contributed by atoms with van der Waals surface area (Å²) in [7, 11) is -1.07. The average molecular weight is 582 g/mol. The molecule has 0 spiro atoms. The third kappa shape index (κ3) is 8.97. The van der Waals surface area contributed by atoms with Crippen molar-refractivity contribution < 1.29 is 27.5 Å². The molecule has 3 aromatic carbocycles. The Morgan fingerprint density at radius 2 is 1.49 bits per heavy atom. The molecular weight excluding hydrogens is 542 g/mol. The Labute approximate surface area is 243 Å². The van der Waals surface area contributed by atoms with Crippen LogP contribution in [0.4, 0.5) is 5.69 Å². The topological polar surface area (TPSA) is 105 Å². The average Bonchev–Trinajstić information content (AvgIpc) is 2.96. The van der Waals surface area contributed by atoms with Crippen LogP contribution < -0.4 is 19.1 Å². The molecule has 0 aromatic heterocycles. The van der Waals surface area contributed by atoms with E-state index in [2.05, 4.69) is 5.32 Å². The van der Waals surface area contributed by atoms with Crippen molar-refractivity contribution in [3.63, 3.8) is 0 Å². The Hall–Kier alpha value is -4.05. The van der Waals surface area contributed by atoms with Gasteiger partial charge in [0, 0.05) is 25.6 Å². The van der Waals surface area contributed by atoms with Gasteiger partial charge in [-0.3, -0.25) is 13.9 Å². The van der Waals surface area contributed by atoms with E-state index in [0.717, 1.165) is 21.7 Å². The van der Waals surface area contributed by atoms with Gasteiger partial charge in [-0.15, -0.1) is 0 Å². The first-order valence-electron chi connectivity index (χ1n) is 13.4. The molecule has 0 aliphatic rings. The second-order valence-electron chi connectivity index (χ2n) is 10.2. The number of carbonyl (C=O) groups is 2. The van der Waals surface area contributed by atoms with E-state index in [-0.39, 0.29) is 36.2 Å². The summed E-state index contributed by atoms with van der Waals surface area (Å²) in [6, 6.07) is 22.6. The molecule has 0 unspecified atom stereocenters. The van der Waals surface area contributed by atoms with Crippen LogP contribution in [0.25, 0.3) is 0 Å². The summed E-state index contributed by atoms with van der Waals surface area (Å²) in [5.74, 6) is 0.0181. The van der Waals surface area contributed by atoms with E-state index >= 15 is 0 Å². The summed E-state index contributed by atoms with van der Waals surface area (Å²) in [6.45, 7) is 3.99. The second-order valence-corrected chi connectivity index (χ2v) is 12.1. The number of amides is 2. The summed E-state index contributed by atoms with van der Waals surface area (Å²) in [4.78, 5) is 29.3. The van der Waals surface area contributed by atoms with Gasteiger partial charge in [0.1, 0.15) is 24.1 Å². The lowest BCUT2D eigenvalue weighted by atomic mass is 10.0. The van der Waals surface area contributed by atoms with Crippen molar-refractivity contribution in [2.24, 2.45) is 5.92 Å². The van der Waals surface area contributed by atoms with Gasteiger partial charge in [-0.25, -0.2) is 8.42 Å². The van der Waals surface area contributed by atoms with Crippen LogP contribution in [0.1, 0.15) is 25.0 Å². The lowest BCUT2D eigenvalue weighted by Crippen LogP contribution is -2.53. The number of benzene rings is 3. The fourth-order valence-corrected chi connectivity index (χ4v) is 5.19. The summed E-state index contributed by atoms with van der Waals surface area (Å²) >= 11 is 0. The maximum atomic E-state index is 14.2. The number of carbonyl (C=O) groups excluding carboxylic acids is 2. The van der Waals surface area contributed by atoms with Crippen molar-refractivity contribution in [1.82, 2.24) is 10.2 Å². The first kappa shape index (κ1) is 31.5. The molecule has 220 valence electrons. The fourth-order valence-electron chi connectivity index (χ4n) is 4.34. The minimum absolute atomic E-state index is 0.110. The van der Waals surface area contributed by atoms with Gasteiger partial charge >= 0.3 is 0 Å². The molecule has 0 fully saturated rings. The van der Waals surface area contributed by atoms with E-state index < -0.39 is 28.5 Å². The first-order valence-corrected chi connectivity index (χ1v) is 15.2. The highest BCUT2D eigenvalue weighted by Gasteiger charge is 2.34. The molecule has 1 atom stereocenters. The quantitative estimate of drug-likeness (QED) is 0.310. The van der Waals surface area contributed by atoms with Crippen molar-refractivity contribution in [3.8, 4) is 11.5 Å². The Bertz CT molecular complexity index is 1400. The molecule has 2 amide bonds. The van der Waals surface area contributed by atoms with E-state index in [1.54, 1.807) is 12.1 Å². The van der Waals surface area contributed by atoms with Gasteiger partial charge in [0.05, 0.1) is 26.2 Å². The molecule has 0 saturated carbocycles. The largest absolute Gasteiger partial charge is 0.497 e. The number of hydrogen-bond acceptors (Lipinski definition) is 6. The van der Waals surface area contributed by atoms with E-state index in [9.17, 15) is 18.0 Å². The molecule has 10 heteroatoms. The number of nitrogens with zero attached hydrogens (tertiary/aromatic N) is 2. The van der Waals surface area contributed by atoms with E-state index in [0.29, 0.717) is 12.3 Å². The molecule has 3 rings (SSSR count). The summed E-state index contributed by atoms with van der Waals surface area (Å²) in [5.41, 5.74) is 1.84. The summed E-state index contributed by atoms with van der Waals surface area (Å²) in [6.07, 6.45) is 1.28. The Balaban J connectivity index is 2.08. The van der Waals surface area contributed by atoms with Gasteiger partial charge in [-0.1, -0.05) is 74.5 Å². The van der Waals surface area contributed by atoms with Crippen molar-refractivity contribution in [2.45, 2.75) is 32.9 Å². The molecule has 0 radical (unpaired) electrons. The van der Waals surface area contributed by atoms with Gasteiger partial charge in [0.15, 0.2) is 0 Å². The number of anilines is 1. The Morgan fingerprint density at radius 1 is 0.878 bits per heavy atom. The SMILES string of the molecule is COc1ccc(OC)c(N(CC(=O)N(Cc2ccccc2)[C@H](Cc2ccccc2)C(=O)NCC(C)C)S(C)(=O)=O)c1. The minimum Gasteiger partial charge on any atom is -0.497 e. The number of methoxy groups -OCH3 is 2. The molecule has 0 heterocycles. The number of hydrogen-bond donors (Lipinski definition) is 1. The number of sulfonamides is 1. The van der Waals surface area contributed by atoms with Gasteiger partial charge in [0.25, 0.3) is 0 Å². The summed E-state index contributed by atoms with van der Waals surface area (Å²) < 4.78 is 37.9. The zero-order chi connectivity index (χ0) is 30.0. The molecule has 0 saturated heterocycles. The van der Waals surface area contributed by atoms with Crippen molar-refractivity contribution >= 4 is 27.5 Å². The molecule has 3 aromatic rings. The van der Waals surface area contributed by atoms with Crippen LogP contribution >= 0.6 is 0 Å². The van der Waals surface area contributed by atoms with E-state index in [4.69, 9.17) is 9.47 Å². The van der Waals surface area contributed by atoms with Gasteiger partial charge in [-0.05, 0) is 29.2 Å². The minimum atomic E-state index is -3.95. The zero-order valence-corrected chi connectivity index (χ0v) is 25.1. The highest BCUT2D eigenvalue weighted by molar-refractivity contribution is 7.92. The van der Waals surface area contributed by atoms with Gasteiger partial charge < -0.3 is 19.7 Å². The number of ether oxygens (including phenoxy) is 2. The van der Waals surface area contributed by atoms with Crippen LogP contribution in [-0.4, -0.2) is 64.7 Å². The predicted molar refractivity (Wildman–Crippen MR) is 161 cm³/mol. The highest BCUT2D eigenvalue weighted by atomic mass is 32.2. The molecule has 1 N–H and O–H groups in total. The fraction of sp³-hybridized carbons (Fsp3) is 0.355. The van der Waals surface area contributed by atoms with Crippen molar-refractivity contribution in [2.75, 3.05) is 37.9 Å². The molecule has 0 aliphatic carbocycles. The van der Waals surface area contributed by atoms with Crippen molar-refractivity contribution in [1.29, 1.82) is 0 Å². The number of nitrogens with one attached hydrogen (secondary N) is 1. The Morgan fingerprint density at radius 3 is 2.02 bits per heavy atom.